The van der Waals surface area contributed by atoms with Gasteiger partial charge < -0.3 is 4.74 Å². The highest BCUT2D eigenvalue weighted by Gasteiger charge is 2.17. The van der Waals surface area contributed by atoms with Crippen molar-refractivity contribution in [1.29, 1.82) is 0 Å². The molecule has 0 radical (unpaired) electrons. The lowest BCUT2D eigenvalue weighted by Gasteiger charge is -2.20. The van der Waals surface area contributed by atoms with Gasteiger partial charge in [-0.05, 0) is 30.5 Å². The summed E-state index contributed by atoms with van der Waals surface area (Å²) in [7, 11) is 0. The first-order valence-electron chi connectivity index (χ1n) is 6.85. The van der Waals surface area contributed by atoms with Crippen molar-refractivity contribution in [2.45, 2.75) is 26.3 Å². The predicted octanol–water partition coefficient (Wildman–Crippen LogP) is 2.73. The topological polar surface area (TPSA) is 60.2 Å². The summed E-state index contributed by atoms with van der Waals surface area (Å²) in [5, 5.41) is 0. The fraction of sp³-hybridized carbons (Fsp3) is 0.312. The second-order valence-electron chi connectivity index (χ2n) is 4.78. The molecule has 2 rings (SSSR count). The molecule has 1 atom stereocenters. The molecule has 1 heterocycles. The molecule has 0 fully saturated rings. The average molecular weight is 271 g/mol. The predicted molar refractivity (Wildman–Crippen MR) is 80.4 cm³/mol. The molecule has 0 saturated heterocycles. The van der Waals surface area contributed by atoms with Gasteiger partial charge >= 0.3 is 0 Å². The van der Waals surface area contributed by atoms with Gasteiger partial charge in [0.05, 0.1) is 12.6 Å². The maximum atomic E-state index is 5.80. The smallest absolute Gasteiger partial charge is 0.124 e. The largest absolute Gasteiger partial charge is 0.493 e. The normalized spacial score (nSPS) is 12.2. The third-order valence-electron chi connectivity index (χ3n) is 3.09. The van der Waals surface area contributed by atoms with Crippen LogP contribution in [0.5, 0.6) is 5.75 Å². The number of nitrogens with one attached hydrogen (secondary N) is 1. The lowest BCUT2D eigenvalue weighted by atomic mass is 9.99. The minimum absolute atomic E-state index is 0.129. The quantitative estimate of drug-likeness (QED) is 0.626. The van der Waals surface area contributed by atoms with E-state index in [4.69, 9.17) is 10.6 Å². The maximum Gasteiger partial charge on any atom is 0.124 e. The fourth-order valence-corrected chi connectivity index (χ4v) is 2.16. The third kappa shape index (κ3) is 3.35. The third-order valence-corrected chi connectivity index (χ3v) is 3.09. The van der Waals surface area contributed by atoms with Gasteiger partial charge in [-0.1, -0.05) is 31.2 Å². The van der Waals surface area contributed by atoms with Gasteiger partial charge in [0.2, 0.25) is 0 Å². The van der Waals surface area contributed by atoms with Crippen molar-refractivity contribution in [3.63, 3.8) is 0 Å². The fourth-order valence-electron chi connectivity index (χ4n) is 2.16. The number of ether oxygens (including phenoxy) is 1. The number of hydrazine groups is 1. The lowest BCUT2D eigenvalue weighted by Crippen LogP contribution is -2.29. The second kappa shape index (κ2) is 7.03. The van der Waals surface area contributed by atoms with Crippen molar-refractivity contribution in [1.82, 2.24) is 10.4 Å². The van der Waals surface area contributed by atoms with E-state index >= 15 is 0 Å². The second-order valence-corrected chi connectivity index (χ2v) is 4.78. The molecule has 0 spiro atoms. The molecule has 106 valence electrons. The van der Waals surface area contributed by atoms with Crippen LogP contribution in [-0.2, 0) is 0 Å². The summed E-state index contributed by atoms with van der Waals surface area (Å²) < 4.78 is 5.80. The SMILES string of the molecule is CCCOc1ccccc1C(NN)c1cncc(C)c1. The van der Waals surface area contributed by atoms with Crippen LogP contribution in [0.2, 0.25) is 0 Å². The molecule has 20 heavy (non-hydrogen) atoms. The number of hydrogen-bond acceptors (Lipinski definition) is 4. The van der Waals surface area contributed by atoms with Crippen molar-refractivity contribution < 1.29 is 4.74 Å². The Balaban J connectivity index is 2.36. The van der Waals surface area contributed by atoms with Crippen LogP contribution in [-0.4, -0.2) is 11.6 Å². The Labute approximate surface area is 120 Å². The van der Waals surface area contributed by atoms with E-state index in [1.165, 1.54) is 0 Å². The number of nitrogens with zero attached hydrogens (tertiary/aromatic N) is 1. The van der Waals surface area contributed by atoms with E-state index in [9.17, 15) is 0 Å². The van der Waals surface area contributed by atoms with E-state index in [0.717, 1.165) is 28.9 Å². The van der Waals surface area contributed by atoms with E-state index in [-0.39, 0.29) is 6.04 Å². The van der Waals surface area contributed by atoms with Crippen molar-refractivity contribution in [2.24, 2.45) is 5.84 Å². The van der Waals surface area contributed by atoms with Gasteiger partial charge in [0.15, 0.2) is 0 Å². The molecule has 0 amide bonds. The highest BCUT2D eigenvalue weighted by molar-refractivity contribution is 5.41. The Hall–Kier alpha value is -1.91. The first kappa shape index (κ1) is 14.5. The summed E-state index contributed by atoms with van der Waals surface area (Å²) in [4.78, 5) is 4.23. The van der Waals surface area contributed by atoms with Crippen LogP contribution in [0.4, 0.5) is 0 Å². The number of hydrogen-bond donors (Lipinski definition) is 2. The highest BCUT2D eigenvalue weighted by atomic mass is 16.5. The molecule has 0 aliphatic heterocycles. The van der Waals surface area contributed by atoms with Gasteiger partial charge in [0.1, 0.15) is 5.75 Å². The van der Waals surface area contributed by atoms with Crippen molar-refractivity contribution in [3.8, 4) is 5.75 Å². The number of benzene rings is 1. The summed E-state index contributed by atoms with van der Waals surface area (Å²) in [5.74, 6) is 6.61. The van der Waals surface area contributed by atoms with Crippen LogP contribution in [0.3, 0.4) is 0 Å². The minimum atomic E-state index is -0.129. The molecule has 1 unspecified atom stereocenters. The Kier molecular flexibility index (Phi) is 5.09. The van der Waals surface area contributed by atoms with E-state index in [2.05, 4.69) is 23.4 Å². The molecule has 4 heteroatoms. The minimum Gasteiger partial charge on any atom is -0.493 e. The van der Waals surface area contributed by atoms with E-state index in [0.29, 0.717) is 6.61 Å². The van der Waals surface area contributed by atoms with Crippen LogP contribution in [0.15, 0.2) is 42.7 Å². The zero-order valence-electron chi connectivity index (χ0n) is 12.0. The molecule has 0 aliphatic rings. The molecular weight excluding hydrogens is 250 g/mol. The first-order chi connectivity index (χ1) is 9.76. The van der Waals surface area contributed by atoms with Gasteiger partial charge in [-0.3, -0.25) is 10.8 Å². The van der Waals surface area contributed by atoms with Crippen LogP contribution < -0.4 is 16.0 Å². The zero-order chi connectivity index (χ0) is 14.4. The molecule has 1 aromatic carbocycles. The molecule has 0 bridgehead atoms. The summed E-state index contributed by atoms with van der Waals surface area (Å²) in [6.07, 6.45) is 4.63. The molecular formula is C16H21N3O. The number of aromatic nitrogens is 1. The van der Waals surface area contributed by atoms with Crippen LogP contribution in [0.1, 0.15) is 36.1 Å². The molecule has 1 aromatic heterocycles. The van der Waals surface area contributed by atoms with Crippen molar-refractivity contribution in [3.05, 3.63) is 59.4 Å². The summed E-state index contributed by atoms with van der Waals surface area (Å²) in [6, 6.07) is 9.90. The number of pyridine rings is 1. The monoisotopic (exact) mass is 271 g/mol. The van der Waals surface area contributed by atoms with E-state index in [1.807, 2.05) is 43.6 Å². The van der Waals surface area contributed by atoms with Crippen molar-refractivity contribution >= 4 is 0 Å². The van der Waals surface area contributed by atoms with Gasteiger partial charge in [0, 0.05) is 18.0 Å². The average Bonchev–Trinajstić information content (AvgIpc) is 2.47. The Morgan fingerprint density at radius 1 is 1.30 bits per heavy atom. The van der Waals surface area contributed by atoms with Gasteiger partial charge in [0.25, 0.3) is 0 Å². The molecule has 0 aliphatic carbocycles. The molecule has 0 saturated carbocycles. The Morgan fingerprint density at radius 3 is 2.80 bits per heavy atom. The van der Waals surface area contributed by atoms with E-state index < -0.39 is 0 Å². The van der Waals surface area contributed by atoms with Crippen molar-refractivity contribution in [2.75, 3.05) is 6.61 Å². The van der Waals surface area contributed by atoms with Crippen LogP contribution in [0.25, 0.3) is 0 Å². The number of rotatable bonds is 6. The Bertz CT molecular complexity index is 557. The van der Waals surface area contributed by atoms with Gasteiger partial charge in [-0.25, -0.2) is 5.43 Å². The van der Waals surface area contributed by atoms with Gasteiger partial charge in [-0.2, -0.15) is 0 Å². The summed E-state index contributed by atoms with van der Waals surface area (Å²) in [6.45, 7) is 4.80. The van der Waals surface area contributed by atoms with Gasteiger partial charge in [-0.15, -0.1) is 0 Å². The lowest BCUT2D eigenvalue weighted by molar-refractivity contribution is 0.311. The first-order valence-corrected chi connectivity index (χ1v) is 6.85. The molecule has 4 nitrogen and oxygen atoms in total. The summed E-state index contributed by atoms with van der Waals surface area (Å²) in [5.41, 5.74) is 6.02. The standard InChI is InChI=1S/C16H21N3O/c1-3-8-20-15-7-5-4-6-14(15)16(19-17)13-9-12(2)10-18-11-13/h4-7,9-11,16,19H,3,8,17H2,1-2H3. The van der Waals surface area contributed by atoms with Crippen LogP contribution in [0, 0.1) is 6.92 Å². The molecule has 2 aromatic rings. The van der Waals surface area contributed by atoms with E-state index in [1.54, 1.807) is 0 Å². The number of nitrogens with two attached hydrogens (primary N) is 1. The highest BCUT2D eigenvalue weighted by Crippen LogP contribution is 2.29. The maximum absolute atomic E-state index is 5.80. The Morgan fingerprint density at radius 2 is 2.10 bits per heavy atom. The zero-order valence-corrected chi connectivity index (χ0v) is 12.0. The number of aryl methyl sites for hydroxylation is 1. The number of para-hydroxylation sites is 1. The van der Waals surface area contributed by atoms with Crippen LogP contribution >= 0.6 is 0 Å². The molecule has 3 N–H and O–H groups in total. The summed E-state index contributed by atoms with van der Waals surface area (Å²) >= 11 is 0.